The van der Waals surface area contributed by atoms with Gasteiger partial charge in [0.15, 0.2) is 11.5 Å². The fourth-order valence-corrected chi connectivity index (χ4v) is 4.99. The predicted molar refractivity (Wildman–Crippen MR) is 132 cm³/mol. The summed E-state index contributed by atoms with van der Waals surface area (Å²) >= 11 is 7.29. The molecule has 2 aromatic rings. The zero-order chi connectivity index (χ0) is 24.2. The Labute approximate surface area is 207 Å². The number of hydrogen-bond acceptors (Lipinski definition) is 6. The van der Waals surface area contributed by atoms with Gasteiger partial charge in [-0.1, -0.05) is 35.9 Å². The normalized spacial score (nSPS) is 17.1. The molecule has 0 unspecified atom stereocenters. The molecule has 0 radical (unpaired) electrons. The molecule has 2 aliphatic heterocycles. The van der Waals surface area contributed by atoms with Gasteiger partial charge >= 0.3 is 0 Å². The van der Waals surface area contributed by atoms with Crippen LogP contribution in [0.5, 0.6) is 11.5 Å². The SMILES string of the molecule is COc1cc(/C=C2\SC(=O)N(CC(=O)N3CCCC3)C2=O)cc(Cl)c1OCc1ccccc1C. The monoisotopic (exact) mass is 500 g/mol. The number of halogens is 1. The Morgan fingerprint density at radius 2 is 1.91 bits per heavy atom. The molecule has 7 nitrogen and oxygen atoms in total. The van der Waals surface area contributed by atoms with E-state index in [9.17, 15) is 14.4 Å². The van der Waals surface area contributed by atoms with Gasteiger partial charge in [-0.05, 0) is 66.4 Å². The van der Waals surface area contributed by atoms with E-state index in [2.05, 4.69) is 0 Å². The largest absolute Gasteiger partial charge is 0.493 e. The van der Waals surface area contributed by atoms with Crippen molar-refractivity contribution >= 4 is 46.5 Å². The lowest BCUT2D eigenvalue weighted by molar-refractivity contribution is -0.135. The van der Waals surface area contributed by atoms with Gasteiger partial charge in [0.25, 0.3) is 11.1 Å². The van der Waals surface area contributed by atoms with Gasteiger partial charge in [-0.2, -0.15) is 0 Å². The molecule has 0 atom stereocenters. The van der Waals surface area contributed by atoms with E-state index >= 15 is 0 Å². The summed E-state index contributed by atoms with van der Waals surface area (Å²) in [5.41, 5.74) is 2.72. The van der Waals surface area contributed by atoms with E-state index in [1.807, 2.05) is 31.2 Å². The number of methoxy groups -OCH3 is 1. The van der Waals surface area contributed by atoms with Crippen molar-refractivity contribution in [3.8, 4) is 11.5 Å². The number of carbonyl (C=O) groups is 3. The van der Waals surface area contributed by atoms with Crippen LogP contribution in [0.2, 0.25) is 5.02 Å². The summed E-state index contributed by atoms with van der Waals surface area (Å²) in [6, 6.07) is 11.2. The van der Waals surface area contributed by atoms with Crippen molar-refractivity contribution in [2.24, 2.45) is 0 Å². The van der Waals surface area contributed by atoms with Gasteiger partial charge in [0.1, 0.15) is 13.2 Å². The number of amides is 3. The van der Waals surface area contributed by atoms with E-state index in [4.69, 9.17) is 21.1 Å². The number of hydrogen-bond donors (Lipinski definition) is 0. The molecule has 2 aliphatic rings. The maximum Gasteiger partial charge on any atom is 0.294 e. The van der Waals surface area contributed by atoms with Gasteiger partial charge in [-0.3, -0.25) is 19.3 Å². The number of imide groups is 1. The molecule has 0 N–H and O–H groups in total. The van der Waals surface area contributed by atoms with Crippen molar-refractivity contribution in [2.75, 3.05) is 26.7 Å². The van der Waals surface area contributed by atoms with Crippen molar-refractivity contribution in [1.82, 2.24) is 9.80 Å². The van der Waals surface area contributed by atoms with Crippen LogP contribution in [0.25, 0.3) is 6.08 Å². The van der Waals surface area contributed by atoms with Gasteiger partial charge in [-0.25, -0.2) is 0 Å². The molecule has 4 rings (SSSR count). The van der Waals surface area contributed by atoms with E-state index < -0.39 is 11.1 Å². The van der Waals surface area contributed by atoms with Gasteiger partial charge in [0.2, 0.25) is 5.91 Å². The first-order valence-electron chi connectivity index (χ1n) is 11.0. The third-order valence-corrected chi connectivity index (χ3v) is 7.00. The highest BCUT2D eigenvalue weighted by Gasteiger charge is 2.37. The lowest BCUT2D eigenvalue weighted by atomic mass is 10.1. The van der Waals surface area contributed by atoms with Crippen LogP contribution in [0.15, 0.2) is 41.3 Å². The molecule has 0 aromatic heterocycles. The summed E-state index contributed by atoms with van der Waals surface area (Å²) in [5.74, 6) is 0.114. The second-order valence-corrected chi connectivity index (χ2v) is 9.51. The lowest BCUT2D eigenvalue weighted by Crippen LogP contribution is -2.40. The number of aryl methyl sites for hydroxylation is 1. The highest BCUT2D eigenvalue weighted by atomic mass is 35.5. The van der Waals surface area contributed by atoms with E-state index in [1.54, 1.807) is 23.1 Å². The zero-order valence-corrected chi connectivity index (χ0v) is 20.6. The molecule has 0 spiro atoms. The smallest absolute Gasteiger partial charge is 0.294 e. The molecule has 2 heterocycles. The molecular weight excluding hydrogens is 476 g/mol. The molecule has 0 aliphatic carbocycles. The van der Waals surface area contributed by atoms with Gasteiger partial charge in [-0.15, -0.1) is 0 Å². The topological polar surface area (TPSA) is 76.2 Å². The van der Waals surface area contributed by atoms with Gasteiger partial charge in [0, 0.05) is 13.1 Å². The van der Waals surface area contributed by atoms with E-state index in [1.165, 1.54) is 7.11 Å². The first-order valence-corrected chi connectivity index (χ1v) is 12.1. The summed E-state index contributed by atoms with van der Waals surface area (Å²) in [6.45, 7) is 3.43. The minimum Gasteiger partial charge on any atom is -0.493 e. The van der Waals surface area contributed by atoms with Crippen LogP contribution >= 0.6 is 23.4 Å². The molecule has 0 saturated carbocycles. The minimum absolute atomic E-state index is 0.207. The summed E-state index contributed by atoms with van der Waals surface area (Å²) in [5, 5.41) is -0.136. The van der Waals surface area contributed by atoms with Crippen LogP contribution in [-0.4, -0.2) is 53.6 Å². The summed E-state index contributed by atoms with van der Waals surface area (Å²) in [6.07, 6.45) is 3.46. The Balaban J connectivity index is 1.50. The minimum atomic E-state index is -0.488. The Bertz CT molecular complexity index is 1160. The Kier molecular flexibility index (Phi) is 7.48. The maximum atomic E-state index is 12.8. The first kappa shape index (κ1) is 24.2. The average Bonchev–Trinajstić information content (AvgIpc) is 3.44. The fourth-order valence-electron chi connectivity index (χ4n) is 3.87. The van der Waals surface area contributed by atoms with Crippen molar-refractivity contribution in [3.05, 3.63) is 63.0 Å². The predicted octanol–water partition coefficient (Wildman–Crippen LogP) is 4.89. The molecule has 9 heteroatoms. The Morgan fingerprint density at radius 1 is 1.18 bits per heavy atom. The number of likely N-dealkylation sites (tertiary alicyclic amines) is 1. The molecule has 3 amide bonds. The molecule has 2 aromatic carbocycles. The molecular formula is C25H25ClN2O5S. The van der Waals surface area contributed by atoms with Crippen LogP contribution in [0.1, 0.15) is 29.5 Å². The number of carbonyl (C=O) groups excluding carboxylic acids is 3. The molecule has 178 valence electrons. The van der Waals surface area contributed by atoms with Crippen molar-refractivity contribution in [2.45, 2.75) is 26.4 Å². The summed E-state index contributed by atoms with van der Waals surface area (Å²) in [4.78, 5) is 40.6. The van der Waals surface area contributed by atoms with Crippen molar-refractivity contribution in [3.63, 3.8) is 0 Å². The number of benzene rings is 2. The van der Waals surface area contributed by atoms with Gasteiger partial charge in [0.05, 0.1) is 17.0 Å². The Morgan fingerprint density at radius 3 is 2.62 bits per heavy atom. The summed E-state index contributed by atoms with van der Waals surface area (Å²) < 4.78 is 11.4. The highest BCUT2D eigenvalue weighted by molar-refractivity contribution is 8.18. The third-order valence-electron chi connectivity index (χ3n) is 5.81. The van der Waals surface area contributed by atoms with E-state index in [-0.39, 0.29) is 17.4 Å². The molecule has 2 saturated heterocycles. The molecule has 0 bridgehead atoms. The van der Waals surface area contributed by atoms with Crippen LogP contribution in [-0.2, 0) is 16.2 Å². The standard InChI is InChI=1S/C25H25ClN2O5S/c1-16-7-3-4-8-18(16)15-33-23-19(26)11-17(12-20(23)32-2)13-21-24(30)28(25(31)34-21)14-22(29)27-9-5-6-10-27/h3-4,7-8,11-13H,5-6,9-10,14-15H2,1-2H3/b21-13-. The second-order valence-electron chi connectivity index (χ2n) is 8.11. The average molecular weight is 501 g/mol. The second kappa shape index (κ2) is 10.5. The summed E-state index contributed by atoms with van der Waals surface area (Å²) in [7, 11) is 1.51. The fraction of sp³-hybridized carbons (Fsp3) is 0.320. The maximum absolute atomic E-state index is 12.8. The zero-order valence-electron chi connectivity index (χ0n) is 19.0. The Hall–Kier alpha value is -2.97. The quantitative estimate of drug-likeness (QED) is 0.503. The first-order chi connectivity index (χ1) is 16.4. The lowest BCUT2D eigenvalue weighted by Gasteiger charge is -2.18. The number of rotatable bonds is 7. The molecule has 2 fully saturated rings. The van der Waals surface area contributed by atoms with Crippen LogP contribution in [0.3, 0.4) is 0 Å². The number of thioether (sulfide) groups is 1. The van der Waals surface area contributed by atoms with E-state index in [0.29, 0.717) is 41.8 Å². The number of ether oxygens (including phenoxy) is 2. The van der Waals surface area contributed by atoms with E-state index in [0.717, 1.165) is 40.6 Å². The number of nitrogens with zero attached hydrogens (tertiary/aromatic N) is 2. The molecule has 34 heavy (non-hydrogen) atoms. The van der Waals surface area contributed by atoms with Gasteiger partial charge < -0.3 is 14.4 Å². The van der Waals surface area contributed by atoms with Crippen LogP contribution < -0.4 is 9.47 Å². The third kappa shape index (κ3) is 5.23. The van der Waals surface area contributed by atoms with Crippen molar-refractivity contribution < 1.29 is 23.9 Å². The van der Waals surface area contributed by atoms with Crippen molar-refractivity contribution in [1.29, 1.82) is 0 Å². The van der Waals surface area contributed by atoms with Crippen LogP contribution in [0.4, 0.5) is 4.79 Å². The van der Waals surface area contributed by atoms with Crippen LogP contribution in [0, 0.1) is 6.92 Å². The highest BCUT2D eigenvalue weighted by Crippen LogP contribution is 2.39.